The van der Waals surface area contributed by atoms with Crippen molar-refractivity contribution in [3.05, 3.63) is 60.2 Å². The molecule has 0 saturated heterocycles. The van der Waals surface area contributed by atoms with Crippen LogP contribution in [0, 0.1) is 0 Å². The molecular weight excluding hydrogens is 431 g/mol. The van der Waals surface area contributed by atoms with Crippen LogP contribution >= 0.6 is 0 Å². The first kappa shape index (κ1) is 23.7. The summed E-state index contributed by atoms with van der Waals surface area (Å²) in [5.74, 6) is -2.14. The molecule has 0 aliphatic carbocycles. The zero-order chi connectivity index (χ0) is 10.7. The predicted octanol–water partition coefficient (Wildman–Crippen LogP) is -6.16. The van der Waals surface area contributed by atoms with E-state index in [0.29, 0.717) is 0 Å². The molecule has 109 valence electrons. The molecule has 1 radical (unpaired) electrons. The third-order valence-electron chi connectivity index (χ3n) is 2.04. The van der Waals surface area contributed by atoms with E-state index in [1.807, 2.05) is 0 Å². The molecule has 0 bridgehead atoms. The fraction of sp³-hybridized carbons (Fsp3) is 0.0909. The number of rotatable bonds is 2. The van der Waals surface area contributed by atoms with Crippen molar-refractivity contribution in [2.45, 2.75) is 5.79 Å². The third-order valence-corrected chi connectivity index (χ3v) is 2.04. The van der Waals surface area contributed by atoms with E-state index in [2.05, 4.69) is 9.97 Å². The molecule has 0 aliphatic heterocycles. The topological polar surface area (TPSA) is 97.7 Å². The summed E-state index contributed by atoms with van der Waals surface area (Å²) in [6, 6.07) is 9.86. The third kappa shape index (κ3) is 5.66. The maximum Gasteiger partial charge on any atom is 2.00 e. The van der Waals surface area contributed by atoms with Gasteiger partial charge in [-0.1, -0.05) is 12.1 Å². The van der Waals surface area contributed by atoms with E-state index in [1.165, 1.54) is 24.5 Å². The van der Waals surface area contributed by atoms with Crippen LogP contribution in [0.5, 0.6) is 0 Å². The number of halogens is 2. The first-order chi connectivity index (χ1) is 7.21. The van der Waals surface area contributed by atoms with Crippen molar-refractivity contribution in [1.82, 2.24) is 9.97 Å². The summed E-state index contributed by atoms with van der Waals surface area (Å²) >= 11 is 0. The Morgan fingerprint density at radius 3 is 1.42 bits per heavy atom. The molecule has 2 heterocycles. The van der Waals surface area contributed by atoms with E-state index in [9.17, 15) is 10.2 Å². The molecule has 0 fully saturated rings. The van der Waals surface area contributed by atoms with Gasteiger partial charge >= 0.3 is 17.1 Å². The van der Waals surface area contributed by atoms with Gasteiger partial charge in [0, 0.05) is 12.4 Å². The van der Waals surface area contributed by atoms with Crippen molar-refractivity contribution in [2.75, 3.05) is 0 Å². The Morgan fingerprint density at radius 2 is 1.16 bits per heavy atom. The number of pyridine rings is 2. The molecule has 0 saturated carbocycles. The molecule has 0 aromatic carbocycles. The Balaban J connectivity index is -0.000000640. The van der Waals surface area contributed by atoms with Crippen LogP contribution in [0.2, 0.25) is 0 Å². The fourth-order valence-electron chi connectivity index (χ4n) is 1.27. The van der Waals surface area contributed by atoms with Gasteiger partial charge in [0.1, 0.15) is 11.4 Å². The second-order valence-electron chi connectivity index (χ2n) is 3.10. The minimum atomic E-state index is -2.14. The molecule has 2 aromatic heterocycles. The SMILES string of the molecule is O.OC(O)(c1ccccn1)c1ccccn1.[Br-].[Br-].[Cu+2]. The van der Waals surface area contributed by atoms with Crippen molar-refractivity contribution in [3.63, 3.8) is 0 Å². The molecule has 8 heteroatoms. The summed E-state index contributed by atoms with van der Waals surface area (Å²) in [4.78, 5) is 7.77. The van der Waals surface area contributed by atoms with Crippen molar-refractivity contribution in [1.29, 1.82) is 0 Å². The molecule has 2 rings (SSSR count). The summed E-state index contributed by atoms with van der Waals surface area (Å²) in [6.45, 7) is 0. The molecule has 5 nitrogen and oxygen atoms in total. The van der Waals surface area contributed by atoms with Gasteiger partial charge in [0.2, 0.25) is 0 Å². The van der Waals surface area contributed by atoms with Crippen LogP contribution < -0.4 is 34.0 Å². The Hall–Kier alpha value is -0.341. The Bertz CT molecular complexity index is 405. The molecule has 0 amide bonds. The number of aromatic nitrogens is 2. The summed E-state index contributed by atoms with van der Waals surface area (Å²) in [7, 11) is 0. The van der Waals surface area contributed by atoms with Crippen molar-refractivity contribution in [3.8, 4) is 0 Å². The van der Waals surface area contributed by atoms with Crippen LogP contribution in [0.3, 0.4) is 0 Å². The second kappa shape index (κ2) is 10.4. The van der Waals surface area contributed by atoms with Gasteiger partial charge in [0.15, 0.2) is 0 Å². The largest absolute Gasteiger partial charge is 2.00 e. The molecular formula is C11H12Br2CuN2O3. The van der Waals surface area contributed by atoms with Crippen molar-refractivity contribution >= 4 is 0 Å². The van der Waals surface area contributed by atoms with Crippen molar-refractivity contribution in [2.24, 2.45) is 0 Å². The van der Waals surface area contributed by atoms with E-state index in [0.717, 1.165) is 0 Å². The van der Waals surface area contributed by atoms with E-state index in [4.69, 9.17) is 0 Å². The molecule has 0 unspecified atom stereocenters. The van der Waals surface area contributed by atoms with Gasteiger partial charge < -0.3 is 49.7 Å². The summed E-state index contributed by atoms with van der Waals surface area (Å²) < 4.78 is 0. The molecule has 0 spiro atoms. The fourth-order valence-corrected chi connectivity index (χ4v) is 1.27. The summed E-state index contributed by atoms with van der Waals surface area (Å²) in [6.07, 6.45) is 3.00. The maximum atomic E-state index is 9.89. The van der Waals surface area contributed by atoms with Gasteiger partial charge in [0.25, 0.3) is 5.79 Å². The zero-order valence-corrected chi connectivity index (χ0v) is 13.6. The summed E-state index contributed by atoms with van der Waals surface area (Å²) in [5, 5.41) is 19.8. The first-order valence-corrected chi connectivity index (χ1v) is 4.49. The average molecular weight is 444 g/mol. The van der Waals surface area contributed by atoms with Gasteiger partial charge in [-0.2, -0.15) is 0 Å². The number of hydrogen-bond acceptors (Lipinski definition) is 4. The molecule has 0 atom stereocenters. The standard InChI is InChI=1S/C11H10N2O2.2BrH.Cu.H2O/c14-11(15,9-5-1-3-7-12-9)10-6-2-4-8-13-10;;;;/h1-8,14-15H;2*1H;;1H2/q;;;+2;/p-2. The zero-order valence-electron chi connectivity index (χ0n) is 9.47. The van der Waals surface area contributed by atoms with Gasteiger partial charge in [-0.15, -0.1) is 0 Å². The summed E-state index contributed by atoms with van der Waals surface area (Å²) in [5.41, 5.74) is 0.312. The normalized spacial score (nSPS) is 8.95. The van der Waals surface area contributed by atoms with Crippen LogP contribution in [0.4, 0.5) is 0 Å². The Labute approximate surface area is 142 Å². The van der Waals surface area contributed by atoms with Crippen LogP contribution in [-0.2, 0) is 22.9 Å². The molecule has 0 aliphatic rings. The quantitative estimate of drug-likeness (QED) is 0.357. The Kier molecular flexibility index (Phi) is 13.0. The predicted molar refractivity (Wildman–Crippen MR) is 57.3 cm³/mol. The smallest absolute Gasteiger partial charge is 1.00 e. The Morgan fingerprint density at radius 1 is 0.789 bits per heavy atom. The van der Waals surface area contributed by atoms with Gasteiger partial charge in [-0.25, -0.2) is 0 Å². The van der Waals surface area contributed by atoms with E-state index in [-0.39, 0.29) is 67.9 Å². The number of aliphatic hydroxyl groups is 2. The number of hydrogen-bond donors (Lipinski definition) is 2. The van der Waals surface area contributed by atoms with E-state index < -0.39 is 5.79 Å². The number of nitrogens with zero attached hydrogens (tertiary/aromatic N) is 2. The van der Waals surface area contributed by atoms with Gasteiger partial charge in [0.05, 0.1) is 0 Å². The minimum absolute atomic E-state index is 0. The van der Waals surface area contributed by atoms with Crippen LogP contribution in [-0.4, -0.2) is 25.7 Å². The average Bonchev–Trinajstić information content (AvgIpc) is 2.31. The van der Waals surface area contributed by atoms with Crippen LogP contribution in [0.25, 0.3) is 0 Å². The van der Waals surface area contributed by atoms with E-state index >= 15 is 0 Å². The van der Waals surface area contributed by atoms with Gasteiger partial charge in [-0.05, 0) is 24.3 Å². The van der Waals surface area contributed by atoms with Gasteiger partial charge in [-0.3, -0.25) is 9.97 Å². The van der Waals surface area contributed by atoms with Crippen LogP contribution in [0.15, 0.2) is 48.8 Å². The molecule has 2 aromatic rings. The maximum absolute atomic E-state index is 9.89. The first-order valence-electron chi connectivity index (χ1n) is 4.49. The van der Waals surface area contributed by atoms with Crippen molar-refractivity contribution < 1.29 is 66.7 Å². The van der Waals surface area contributed by atoms with E-state index in [1.54, 1.807) is 24.3 Å². The van der Waals surface area contributed by atoms with Crippen LogP contribution in [0.1, 0.15) is 11.4 Å². The monoisotopic (exact) mass is 441 g/mol. The second-order valence-corrected chi connectivity index (χ2v) is 3.10. The molecule has 19 heavy (non-hydrogen) atoms. The minimum Gasteiger partial charge on any atom is -1.00 e. The molecule has 4 N–H and O–H groups in total.